The molecule has 0 bridgehead atoms. The van der Waals surface area contributed by atoms with Gasteiger partial charge in [0.25, 0.3) is 10.2 Å². The van der Waals surface area contributed by atoms with Gasteiger partial charge in [-0.25, -0.2) is 9.44 Å². The molecule has 0 aliphatic heterocycles. The van der Waals surface area contributed by atoms with Crippen LogP contribution in [-0.2, 0) is 10.2 Å². The zero-order chi connectivity index (χ0) is 11.0. The van der Waals surface area contributed by atoms with E-state index in [1.54, 1.807) is 6.92 Å². The van der Waals surface area contributed by atoms with Gasteiger partial charge in [0.15, 0.2) is 0 Å². The van der Waals surface area contributed by atoms with Crippen LogP contribution in [0.4, 0.5) is 0 Å². The summed E-state index contributed by atoms with van der Waals surface area (Å²) in [6.45, 7) is 4.56. The summed E-state index contributed by atoms with van der Waals surface area (Å²) in [5.41, 5.74) is 0. The van der Waals surface area contributed by atoms with Crippen molar-refractivity contribution in [3.63, 3.8) is 0 Å². The van der Waals surface area contributed by atoms with Gasteiger partial charge in [0.1, 0.15) is 0 Å². The van der Waals surface area contributed by atoms with Gasteiger partial charge in [-0.15, -0.1) is 0 Å². The van der Waals surface area contributed by atoms with Crippen molar-refractivity contribution in [2.45, 2.75) is 26.7 Å². The van der Waals surface area contributed by atoms with Crippen molar-refractivity contribution >= 4 is 10.2 Å². The summed E-state index contributed by atoms with van der Waals surface area (Å²) < 4.78 is 27.1. The lowest BCUT2D eigenvalue weighted by molar-refractivity contribution is 0.254. The zero-order valence-corrected chi connectivity index (χ0v) is 9.60. The SMILES string of the molecule is CCNS(=O)(=O)NCC(CC)CCO. The quantitative estimate of drug-likeness (QED) is 0.536. The number of hydrogen-bond acceptors (Lipinski definition) is 3. The highest BCUT2D eigenvalue weighted by molar-refractivity contribution is 7.87. The highest BCUT2D eigenvalue weighted by Crippen LogP contribution is 2.05. The van der Waals surface area contributed by atoms with E-state index in [0.29, 0.717) is 19.5 Å². The van der Waals surface area contributed by atoms with Gasteiger partial charge in [0, 0.05) is 19.7 Å². The van der Waals surface area contributed by atoms with Crippen molar-refractivity contribution in [3.05, 3.63) is 0 Å². The van der Waals surface area contributed by atoms with Crippen molar-refractivity contribution in [1.82, 2.24) is 9.44 Å². The van der Waals surface area contributed by atoms with Crippen LogP contribution in [0.15, 0.2) is 0 Å². The number of aliphatic hydroxyl groups excluding tert-OH is 1. The zero-order valence-electron chi connectivity index (χ0n) is 8.78. The Morgan fingerprint density at radius 3 is 2.36 bits per heavy atom. The molecule has 0 aromatic carbocycles. The molecule has 14 heavy (non-hydrogen) atoms. The maximum absolute atomic E-state index is 11.2. The summed E-state index contributed by atoms with van der Waals surface area (Å²) in [6, 6.07) is 0. The molecule has 1 unspecified atom stereocenters. The summed E-state index contributed by atoms with van der Waals surface area (Å²) in [4.78, 5) is 0. The summed E-state index contributed by atoms with van der Waals surface area (Å²) in [6.07, 6.45) is 1.49. The molecule has 0 fully saturated rings. The van der Waals surface area contributed by atoms with Crippen LogP contribution >= 0.6 is 0 Å². The maximum Gasteiger partial charge on any atom is 0.276 e. The summed E-state index contributed by atoms with van der Waals surface area (Å²) in [7, 11) is -3.34. The van der Waals surface area contributed by atoms with Crippen molar-refractivity contribution in [2.24, 2.45) is 5.92 Å². The first-order valence-electron chi connectivity index (χ1n) is 4.90. The third-order valence-electron chi connectivity index (χ3n) is 2.01. The number of aliphatic hydroxyl groups is 1. The van der Waals surface area contributed by atoms with Crippen LogP contribution < -0.4 is 9.44 Å². The molecule has 0 saturated heterocycles. The number of rotatable bonds is 8. The van der Waals surface area contributed by atoms with Crippen LogP contribution in [0, 0.1) is 5.92 Å². The molecule has 0 radical (unpaired) electrons. The molecular weight excluding hydrogens is 204 g/mol. The van der Waals surface area contributed by atoms with Crippen molar-refractivity contribution in [2.75, 3.05) is 19.7 Å². The molecule has 86 valence electrons. The van der Waals surface area contributed by atoms with Crippen LogP contribution in [0.5, 0.6) is 0 Å². The third-order valence-corrected chi connectivity index (χ3v) is 3.23. The molecule has 0 aromatic rings. The van der Waals surface area contributed by atoms with E-state index in [1.807, 2.05) is 6.92 Å². The van der Waals surface area contributed by atoms with Crippen LogP contribution in [0.2, 0.25) is 0 Å². The van der Waals surface area contributed by atoms with Crippen LogP contribution in [0.1, 0.15) is 26.7 Å². The Morgan fingerprint density at radius 1 is 1.29 bits per heavy atom. The van der Waals surface area contributed by atoms with E-state index >= 15 is 0 Å². The Morgan fingerprint density at radius 2 is 1.93 bits per heavy atom. The van der Waals surface area contributed by atoms with Gasteiger partial charge in [-0.2, -0.15) is 8.42 Å². The van der Waals surface area contributed by atoms with Crippen molar-refractivity contribution in [1.29, 1.82) is 0 Å². The van der Waals surface area contributed by atoms with Crippen LogP contribution in [0.25, 0.3) is 0 Å². The monoisotopic (exact) mass is 224 g/mol. The molecule has 1 atom stereocenters. The Hall–Kier alpha value is -0.170. The second-order valence-electron chi connectivity index (χ2n) is 3.14. The highest BCUT2D eigenvalue weighted by Gasteiger charge is 2.11. The van der Waals surface area contributed by atoms with E-state index in [-0.39, 0.29) is 12.5 Å². The van der Waals surface area contributed by atoms with Gasteiger partial charge in [0.2, 0.25) is 0 Å². The molecule has 0 spiro atoms. The molecule has 5 nitrogen and oxygen atoms in total. The van der Waals surface area contributed by atoms with Gasteiger partial charge in [-0.05, 0) is 12.3 Å². The Kier molecular flexibility index (Phi) is 7.08. The van der Waals surface area contributed by atoms with E-state index < -0.39 is 10.2 Å². The van der Waals surface area contributed by atoms with Crippen molar-refractivity contribution < 1.29 is 13.5 Å². The molecule has 0 aliphatic rings. The lowest BCUT2D eigenvalue weighted by Crippen LogP contribution is -2.39. The van der Waals surface area contributed by atoms with Crippen molar-refractivity contribution in [3.8, 4) is 0 Å². The second kappa shape index (κ2) is 7.17. The topological polar surface area (TPSA) is 78.4 Å². The van der Waals surface area contributed by atoms with Crippen LogP contribution in [-0.4, -0.2) is 33.2 Å². The lowest BCUT2D eigenvalue weighted by Gasteiger charge is -2.14. The minimum Gasteiger partial charge on any atom is -0.396 e. The fourth-order valence-corrected chi connectivity index (χ4v) is 2.04. The molecule has 0 aliphatic carbocycles. The van der Waals surface area contributed by atoms with E-state index in [0.717, 1.165) is 6.42 Å². The fourth-order valence-electron chi connectivity index (χ4n) is 1.10. The van der Waals surface area contributed by atoms with Crippen LogP contribution in [0.3, 0.4) is 0 Å². The standard InChI is InChI=1S/C8H20N2O3S/c1-3-8(5-6-11)7-10-14(12,13)9-4-2/h8-11H,3-7H2,1-2H3. The van der Waals surface area contributed by atoms with E-state index in [1.165, 1.54) is 0 Å². The van der Waals surface area contributed by atoms with Gasteiger partial charge < -0.3 is 5.11 Å². The molecule has 3 N–H and O–H groups in total. The molecule has 0 amide bonds. The first-order valence-corrected chi connectivity index (χ1v) is 6.39. The molecule has 0 heterocycles. The molecule has 0 rings (SSSR count). The summed E-state index contributed by atoms with van der Waals surface area (Å²) in [5, 5.41) is 8.71. The molecule has 0 saturated carbocycles. The first kappa shape index (κ1) is 13.8. The van der Waals surface area contributed by atoms with E-state index in [9.17, 15) is 8.42 Å². The Bertz CT molecular complexity index is 229. The Balaban J connectivity index is 3.89. The first-order chi connectivity index (χ1) is 6.55. The summed E-state index contributed by atoms with van der Waals surface area (Å²) in [5.74, 6) is 0.202. The minimum absolute atomic E-state index is 0.0987. The molecular formula is C8H20N2O3S. The lowest BCUT2D eigenvalue weighted by atomic mass is 10.0. The predicted molar refractivity (Wildman–Crippen MR) is 56.1 cm³/mol. The Labute approximate surface area is 86.1 Å². The predicted octanol–water partition coefficient (Wildman–Crippen LogP) is -0.161. The average Bonchev–Trinajstić information content (AvgIpc) is 2.12. The van der Waals surface area contributed by atoms with E-state index in [2.05, 4.69) is 9.44 Å². The number of nitrogens with one attached hydrogen (secondary N) is 2. The van der Waals surface area contributed by atoms with E-state index in [4.69, 9.17) is 5.11 Å². The van der Waals surface area contributed by atoms with Gasteiger partial charge in [-0.3, -0.25) is 0 Å². The largest absolute Gasteiger partial charge is 0.396 e. The van der Waals surface area contributed by atoms with Gasteiger partial charge in [0.05, 0.1) is 0 Å². The normalized spacial score (nSPS) is 14.2. The maximum atomic E-state index is 11.2. The molecule has 6 heteroatoms. The molecule has 0 aromatic heterocycles. The third kappa shape index (κ3) is 6.31. The number of hydrogen-bond donors (Lipinski definition) is 3. The minimum atomic E-state index is -3.34. The smallest absolute Gasteiger partial charge is 0.276 e. The second-order valence-corrected chi connectivity index (χ2v) is 4.72. The van der Waals surface area contributed by atoms with Gasteiger partial charge >= 0.3 is 0 Å². The fraction of sp³-hybridized carbons (Fsp3) is 1.00. The van der Waals surface area contributed by atoms with Gasteiger partial charge in [-0.1, -0.05) is 20.3 Å². The summed E-state index contributed by atoms with van der Waals surface area (Å²) >= 11 is 0. The highest BCUT2D eigenvalue weighted by atomic mass is 32.2. The average molecular weight is 224 g/mol.